The van der Waals surface area contributed by atoms with Crippen LogP contribution in [-0.4, -0.2) is 44.3 Å². The summed E-state index contributed by atoms with van der Waals surface area (Å²) >= 11 is 0. The van der Waals surface area contributed by atoms with Crippen molar-refractivity contribution in [2.45, 2.75) is 51.6 Å². The number of amides is 2. The molecule has 4 rings (SSSR count). The van der Waals surface area contributed by atoms with Gasteiger partial charge in [-0.15, -0.1) is 0 Å². The average Bonchev–Trinajstić information content (AvgIpc) is 3.01. The van der Waals surface area contributed by atoms with E-state index >= 15 is 4.39 Å². The maximum Gasteiger partial charge on any atom is 0.264 e. The number of aryl methyl sites for hydroxylation is 2. The van der Waals surface area contributed by atoms with Crippen molar-refractivity contribution in [3.63, 3.8) is 0 Å². The Kier molecular flexibility index (Phi) is 11.1. The highest BCUT2D eigenvalue weighted by atomic mass is 32.2. The topological polar surface area (TPSA) is 86.8 Å². The van der Waals surface area contributed by atoms with Crippen molar-refractivity contribution < 1.29 is 22.4 Å². The Balaban J connectivity index is 1.81. The van der Waals surface area contributed by atoms with E-state index in [9.17, 15) is 18.0 Å². The number of hydrogen-bond acceptors (Lipinski definition) is 4. The smallest absolute Gasteiger partial charge is 0.264 e. The molecule has 45 heavy (non-hydrogen) atoms. The summed E-state index contributed by atoms with van der Waals surface area (Å²) in [7, 11) is -4.21. The molecule has 0 aliphatic carbocycles. The number of hydrogen-bond donors (Lipinski definition) is 1. The molecule has 0 fully saturated rings. The van der Waals surface area contributed by atoms with E-state index in [0.717, 1.165) is 21.0 Å². The lowest BCUT2D eigenvalue weighted by molar-refractivity contribution is -0.140. The molecule has 0 saturated carbocycles. The Bertz CT molecular complexity index is 1710. The molecule has 0 aromatic heterocycles. The fourth-order valence-corrected chi connectivity index (χ4v) is 6.34. The molecule has 1 N–H and O–H groups in total. The van der Waals surface area contributed by atoms with Gasteiger partial charge in [0.25, 0.3) is 10.0 Å². The van der Waals surface area contributed by atoms with Gasteiger partial charge in [-0.3, -0.25) is 13.9 Å². The standard InChI is InChI=1S/C36H40FN3O4S/c1-26(2)23-38-36(42)34(22-29-12-6-5-7-13-29)39(24-30-14-8-9-16-33(30)37)35(41)25-40(31-15-10-11-28(4)21-31)45(43,44)32-19-17-27(3)18-20-32/h5-21,26,34H,22-25H2,1-4H3,(H,38,42)/t34-/m1/s1. The predicted octanol–water partition coefficient (Wildman–Crippen LogP) is 6.05. The molecular formula is C36H40FN3O4S. The molecule has 0 saturated heterocycles. The lowest BCUT2D eigenvalue weighted by Crippen LogP contribution is -2.53. The third-order valence-corrected chi connectivity index (χ3v) is 9.22. The Morgan fingerprint density at radius 2 is 1.49 bits per heavy atom. The van der Waals surface area contributed by atoms with Crippen LogP contribution in [0.15, 0.2) is 108 Å². The van der Waals surface area contributed by atoms with Crippen LogP contribution < -0.4 is 9.62 Å². The zero-order valence-electron chi connectivity index (χ0n) is 26.1. The van der Waals surface area contributed by atoms with E-state index in [0.29, 0.717) is 12.2 Å². The van der Waals surface area contributed by atoms with E-state index in [-0.39, 0.29) is 29.3 Å². The second kappa shape index (κ2) is 15.0. The van der Waals surface area contributed by atoms with Crippen LogP contribution in [0.4, 0.5) is 10.1 Å². The summed E-state index contributed by atoms with van der Waals surface area (Å²) in [4.78, 5) is 29.6. The first-order chi connectivity index (χ1) is 21.5. The minimum atomic E-state index is -4.21. The van der Waals surface area contributed by atoms with Crippen molar-refractivity contribution in [3.05, 3.63) is 131 Å². The monoisotopic (exact) mass is 629 g/mol. The van der Waals surface area contributed by atoms with Crippen LogP contribution in [0.5, 0.6) is 0 Å². The summed E-state index contributed by atoms with van der Waals surface area (Å²) in [6.07, 6.45) is 0.153. The van der Waals surface area contributed by atoms with Gasteiger partial charge in [0.2, 0.25) is 11.8 Å². The number of halogens is 1. The molecule has 4 aromatic rings. The first kappa shape index (κ1) is 33.4. The average molecular weight is 630 g/mol. The van der Waals surface area contributed by atoms with Gasteiger partial charge in [0.05, 0.1) is 10.6 Å². The number of sulfonamides is 1. The van der Waals surface area contributed by atoms with Gasteiger partial charge in [-0.1, -0.05) is 92.2 Å². The van der Waals surface area contributed by atoms with E-state index in [4.69, 9.17) is 0 Å². The SMILES string of the molecule is Cc1ccc(S(=O)(=O)N(CC(=O)N(Cc2ccccc2F)[C@H](Cc2ccccc2)C(=O)NCC(C)C)c2cccc(C)c2)cc1. The van der Waals surface area contributed by atoms with Crippen molar-refractivity contribution in [2.24, 2.45) is 5.92 Å². The van der Waals surface area contributed by atoms with Crippen LogP contribution in [0.1, 0.15) is 36.1 Å². The van der Waals surface area contributed by atoms with Crippen LogP contribution in [0, 0.1) is 25.6 Å². The molecule has 0 spiro atoms. The fraction of sp³-hybridized carbons (Fsp3) is 0.278. The minimum Gasteiger partial charge on any atom is -0.354 e. The Morgan fingerprint density at radius 1 is 0.822 bits per heavy atom. The van der Waals surface area contributed by atoms with Crippen molar-refractivity contribution in [1.82, 2.24) is 10.2 Å². The molecule has 1 atom stereocenters. The maximum atomic E-state index is 15.0. The molecule has 2 amide bonds. The molecule has 7 nitrogen and oxygen atoms in total. The Labute approximate surface area is 265 Å². The van der Waals surface area contributed by atoms with E-state index in [1.165, 1.54) is 23.1 Å². The fourth-order valence-electron chi connectivity index (χ4n) is 4.94. The van der Waals surface area contributed by atoms with Crippen molar-refractivity contribution in [2.75, 3.05) is 17.4 Å². The number of rotatable bonds is 13. The summed E-state index contributed by atoms with van der Waals surface area (Å²) < 4.78 is 44.3. The van der Waals surface area contributed by atoms with Crippen molar-refractivity contribution >= 4 is 27.5 Å². The summed E-state index contributed by atoms with van der Waals surface area (Å²) in [6.45, 7) is 7.16. The highest BCUT2D eigenvalue weighted by Crippen LogP contribution is 2.26. The van der Waals surface area contributed by atoms with Gasteiger partial charge >= 0.3 is 0 Å². The number of anilines is 1. The number of carbonyl (C=O) groups excluding carboxylic acids is 2. The van der Waals surface area contributed by atoms with Crippen LogP contribution in [0.3, 0.4) is 0 Å². The second-order valence-electron chi connectivity index (χ2n) is 11.6. The summed E-state index contributed by atoms with van der Waals surface area (Å²) in [5.74, 6) is -1.42. The lowest BCUT2D eigenvalue weighted by Gasteiger charge is -2.34. The van der Waals surface area contributed by atoms with Gasteiger partial charge in [-0.2, -0.15) is 0 Å². The number of benzene rings is 4. The van der Waals surface area contributed by atoms with Gasteiger partial charge in [-0.25, -0.2) is 12.8 Å². The highest BCUT2D eigenvalue weighted by Gasteiger charge is 2.35. The van der Waals surface area contributed by atoms with Crippen LogP contribution in [-0.2, 0) is 32.6 Å². The molecule has 9 heteroatoms. The van der Waals surface area contributed by atoms with E-state index in [1.807, 2.05) is 64.1 Å². The summed E-state index contributed by atoms with van der Waals surface area (Å²) in [5, 5.41) is 2.93. The van der Waals surface area contributed by atoms with Crippen LogP contribution in [0.2, 0.25) is 0 Å². The quantitative estimate of drug-likeness (QED) is 0.195. The number of nitrogens with one attached hydrogen (secondary N) is 1. The van der Waals surface area contributed by atoms with Crippen LogP contribution in [0.25, 0.3) is 0 Å². The second-order valence-corrected chi connectivity index (χ2v) is 13.5. The van der Waals surface area contributed by atoms with Gasteiger partial charge in [-0.05, 0) is 61.2 Å². The predicted molar refractivity (Wildman–Crippen MR) is 176 cm³/mol. The molecule has 0 unspecified atom stereocenters. The molecule has 4 aromatic carbocycles. The first-order valence-corrected chi connectivity index (χ1v) is 16.4. The molecule has 0 aliphatic rings. The normalized spacial score (nSPS) is 12.0. The first-order valence-electron chi connectivity index (χ1n) is 15.0. The van der Waals surface area contributed by atoms with Gasteiger partial charge < -0.3 is 10.2 Å². The van der Waals surface area contributed by atoms with Crippen molar-refractivity contribution in [1.29, 1.82) is 0 Å². The van der Waals surface area contributed by atoms with E-state index < -0.39 is 40.2 Å². The largest absolute Gasteiger partial charge is 0.354 e. The molecule has 0 radical (unpaired) electrons. The highest BCUT2D eigenvalue weighted by molar-refractivity contribution is 7.92. The van der Waals surface area contributed by atoms with Crippen molar-refractivity contribution in [3.8, 4) is 0 Å². The zero-order valence-corrected chi connectivity index (χ0v) is 26.9. The number of carbonyl (C=O) groups is 2. The zero-order chi connectivity index (χ0) is 32.6. The Morgan fingerprint density at radius 3 is 2.13 bits per heavy atom. The van der Waals surface area contributed by atoms with E-state index in [2.05, 4.69) is 5.32 Å². The Hall–Kier alpha value is -4.50. The summed E-state index contributed by atoms with van der Waals surface area (Å²) in [5.41, 5.74) is 3.01. The third kappa shape index (κ3) is 8.79. The maximum absolute atomic E-state index is 15.0. The third-order valence-electron chi connectivity index (χ3n) is 7.43. The molecule has 0 aliphatic heterocycles. The summed E-state index contributed by atoms with van der Waals surface area (Å²) in [6, 6.07) is 27.6. The van der Waals surface area contributed by atoms with E-state index in [1.54, 1.807) is 48.5 Å². The lowest BCUT2D eigenvalue weighted by atomic mass is 10.0. The molecule has 0 heterocycles. The van der Waals surface area contributed by atoms with Crippen LogP contribution >= 0.6 is 0 Å². The number of nitrogens with zero attached hydrogens (tertiary/aromatic N) is 2. The minimum absolute atomic E-state index is 0.0265. The molecular weight excluding hydrogens is 589 g/mol. The van der Waals surface area contributed by atoms with Gasteiger partial charge in [0.1, 0.15) is 18.4 Å². The molecule has 236 valence electrons. The van der Waals surface area contributed by atoms with Gasteiger partial charge in [0, 0.05) is 25.1 Å². The molecule has 0 bridgehead atoms. The van der Waals surface area contributed by atoms with Gasteiger partial charge in [0.15, 0.2) is 0 Å².